The summed E-state index contributed by atoms with van der Waals surface area (Å²) in [5.41, 5.74) is 3.62. The van der Waals surface area contributed by atoms with E-state index in [0.717, 1.165) is 17.0 Å². The Bertz CT molecular complexity index is 847. The molecule has 3 unspecified atom stereocenters. The molecule has 0 radical (unpaired) electrons. The van der Waals surface area contributed by atoms with Crippen LogP contribution < -0.4 is 5.32 Å². The van der Waals surface area contributed by atoms with E-state index in [9.17, 15) is 0 Å². The minimum Gasteiger partial charge on any atom is -0.307 e. The quantitative estimate of drug-likeness (QED) is 0.696. The van der Waals surface area contributed by atoms with E-state index >= 15 is 0 Å². The van der Waals surface area contributed by atoms with Crippen LogP contribution in [-0.4, -0.2) is 26.7 Å². The van der Waals surface area contributed by atoms with Gasteiger partial charge in [-0.05, 0) is 60.6 Å². The van der Waals surface area contributed by atoms with Crippen molar-refractivity contribution in [3.63, 3.8) is 0 Å². The van der Waals surface area contributed by atoms with Crippen molar-refractivity contribution in [1.82, 2.24) is 25.9 Å². The van der Waals surface area contributed by atoms with Crippen LogP contribution in [0.1, 0.15) is 49.3 Å². The van der Waals surface area contributed by atoms with Crippen molar-refractivity contribution in [2.24, 2.45) is 0 Å². The number of aromatic amines is 1. The molecule has 0 bridgehead atoms. The molecule has 1 aromatic heterocycles. The Morgan fingerprint density at radius 2 is 2.00 bits per heavy atom. The second-order valence-corrected chi connectivity index (χ2v) is 7.44. The van der Waals surface area contributed by atoms with Gasteiger partial charge in [0.25, 0.3) is 0 Å². The SMILES string of the molecule is CC(NC1CCC(c2ccc(-c3nn[nH]n3)cc2)C1)c1cccc(Cl)c1. The number of tetrazole rings is 1. The summed E-state index contributed by atoms with van der Waals surface area (Å²) < 4.78 is 0. The molecule has 2 aromatic carbocycles. The van der Waals surface area contributed by atoms with Crippen LogP contribution in [0.3, 0.4) is 0 Å². The van der Waals surface area contributed by atoms with Crippen LogP contribution >= 0.6 is 11.6 Å². The number of hydrogen-bond acceptors (Lipinski definition) is 4. The lowest BCUT2D eigenvalue weighted by atomic mass is 9.96. The lowest BCUT2D eigenvalue weighted by molar-refractivity contribution is 0.457. The van der Waals surface area contributed by atoms with Gasteiger partial charge >= 0.3 is 0 Å². The Labute approximate surface area is 158 Å². The smallest absolute Gasteiger partial charge is 0.204 e. The molecular weight excluding hydrogens is 346 g/mol. The van der Waals surface area contributed by atoms with Crippen molar-refractivity contribution in [3.05, 3.63) is 64.7 Å². The lowest BCUT2D eigenvalue weighted by Crippen LogP contribution is -2.29. The number of aromatic nitrogens is 4. The van der Waals surface area contributed by atoms with E-state index in [0.29, 0.717) is 23.8 Å². The third-order valence-electron chi connectivity index (χ3n) is 5.25. The molecule has 5 nitrogen and oxygen atoms in total. The molecule has 1 saturated carbocycles. The summed E-state index contributed by atoms with van der Waals surface area (Å²) in [6.07, 6.45) is 3.57. The molecule has 1 fully saturated rings. The summed E-state index contributed by atoms with van der Waals surface area (Å²) in [5, 5.41) is 18.7. The van der Waals surface area contributed by atoms with Crippen LogP contribution in [0.15, 0.2) is 48.5 Å². The predicted octanol–water partition coefficient (Wildman–Crippen LogP) is 4.51. The number of halogens is 1. The number of H-pyrrole nitrogens is 1. The van der Waals surface area contributed by atoms with Gasteiger partial charge in [0, 0.05) is 22.7 Å². The van der Waals surface area contributed by atoms with Gasteiger partial charge in [-0.3, -0.25) is 0 Å². The number of nitrogens with zero attached hydrogens (tertiary/aromatic N) is 3. The summed E-state index contributed by atoms with van der Waals surface area (Å²) >= 11 is 6.12. The van der Waals surface area contributed by atoms with Gasteiger partial charge in [0.2, 0.25) is 5.82 Å². The summed E-state index contributed by atoms with van der Waals surface area (Å²) in [6.45, 7) is 2.21. The predicted molar refractivity (Wildman–Crippen MR) is 103 cm³/mol. The van der Waals surface area contributed by atoms with Gasteiger partial charge in [-0.15, -0.1) is 10.2 Å². The Kier molecular flexibility index (Phi) is 5.00. The van der Waals surface area contributed by atoms with Crippen LogP contribution in [0.2, 0.25) is 5.02 Å². The van der Waals surface area contributed by atoms with Gasteiger partial charge in [0.15, 0.2) is 0 Å². The van der Waals surface area contributed by atoms with Crippen LogP contribution in [0, 0.1) is 0 Å². The van der Waals surface area contributed by atoms with Gasteiger partial charge in [0.05, 0.1) is 0 Å². The third kappa shape index (κ3) is 3.79. The number of hydrogen-bond donors (Lipinski definition) is 2. The van der Waals surface area contributed by atoms with Crippen molar-refractivity contribution in [1.29, 1.82) is 0 Å². The van der Waals surface area contributed by atoms with Crippen LogP contribution in [0.5, 0.6) is 0 Å². The molecule has 3 atom stereocenters. The first-order valence-electron chi connectivity index (χ1n) is 9.04. The average Bonchev–Trinajstić information content (AvgIpc) is 3.34. The molecule has 2 N–H and O–H groups in total. The van der Waals surface area contributed by atoms with Crippen LogP contribution in [-0.2, 0) is 0 Å². The van der Waals surface area contributed by atoms with E-state index < -0.39 is 0 Å². The first-order valence-corrected chi connectivity index (χ1v) is 9.42. The Balaban J connectivity index is 1.37. The van der Waals surface area contributed by atoms with Crippen LogP contribution in [0.4, 0.5) is 0 Å². The van der Waals surface area contributed by atoms with Gasteiger partial charge in [-0.25, -0.2) is 0 Å². The van der Waals surface area contributed by atoms with E-state index in [2.05, 4.69) is 63.2 Å². The summed E-state index contributed by atoms with van der Waals surface area (Å²) in [6, 6.07) is 17.5. The van der Waals surface area contributed by atoms with E-state index in [-0.39, 0.29) is 0 Å². The molecule has 1 heterocycles. The molecule has 0 amide bonds. The molecule has 0 aliphatic heterocycles. The number of benzene rings is 2. The van der Waals surface area contributed by atoms with Gasteiger partial charge in [-0.2, -0.15) is 5.21 Å². The third-order valence-corrected chi connectivity index (χ3v) is 5.49. The van der Waals surface area contributed by atoms with E-state index in [4.69, 9.17) is 11.6 Å². The van der Waals surface area contributed by atoms with Crippen molar-refractivity contribution >= 4 is 11.6 Å². The van der Waals surface area contributed by atoms with E-state index in [1.54, 1.807) is 0 Å². The molecule has 1 aliphatic carbocycles. The molecular formula is C20H22ClN5. The van der Waals surface area contributed by atoms with Gasteiger partial charge in [-0.1, -0.05) is 48.0 Å². The standard InChI is InChI=1S/C20H22ClN5/c1-13(16-3-2-4-18(21)11-16)22-19-10-9-17(12-19)14-5-7-15(8-6-14)20-23-25-26-24-20/h2-8,11,13,17,19,22H,9-10,12H2,1H3,(H,23,24,25,26). The highest BCUT2D eigenvalue weighted by Gasteiger charge is 2.27. The molecule has 0 saturated heterocycles. The average molecular weight is 368 g/mol. The number of nitrogens with one attached hydrogen (secondary N) is 2. The monoisotopic (exact) mass is 367 g/mol. The lowest BCUT2D eigenvalue weighted by Gasteiger charge is -2.20. The zero-order valence-electron chi connectivity index (χ0n) is 14.7. The second kappa shape index (κ2) is 7.56. The second-order valence-electron chi connectivity index (χ2n) is 7.01. The van der Waals surface area contributed by atoms with Crippen molar-refractivity contribution < 1.29 is 0 Å². The highest BCUT2D eigenvalue weighted by Crippen LogP contribution is 2.36. The minimum absolute atomic E-state index is 0.304. The maximum atomic E-state index is 6.12. The first-order chi connectivity index (χ1) is 12.7. The highest BCUT2D eigenvalue weighted by atomic mass is 35.5. The molecule has 6 heteroatoms. The first kappa shape index (κ1) is 17.2. The van der Waals surface area contributed by atoms with Crippen molar-refractivity contribution in [2.75, 3.05) is 0 Å². The largest absolute Gasteiger partial charge is 0.307 e. The van der Waals surface area contributed by atoms with Gasteiger partial charge in [0.1, 0.15) is 0 Å². The zero-order valence-corrected chi connectivity index (χ0v) is 15.4. The van der Waals surface area contributed by atoms with E-state index in [1.807, 2.05) is 18.2 Å². The van der Waals surface area contributed by atoms with Crippen molar-refractivity contribution in [2.45, 2.75) is 44.2 Å². The highest BCUT2D eigenvalue weighted by molar-refractivity contribution is 6.30. The van der Waals surface area contributed by atoms with Crippen LogP contribution in [0.25, 0.3) is 11.4 Å². The fraction of sp³-hybridized carbons (Fsp3) is 0.350. The molecule has 4 rings (SSSR count). The summed E-state index contributed by atoms with van der Waals surface area (Å²) in [5.74, 6) is 1.23. The minimum atomic E-state index is 0.304. The van der Waals surface area contributed by atoms with E-state index in [1.165, 1.54) is 24.0 Å². The maximum Gasteiger partial charge on any atom is 0.204 e. The fourth-order valence-electron chi connectivity index (χ4n) is 3.85. The molecule has 134 valence electrons. The Morgan fingerprint density at radius 1 is 1.15 bits per heavy atom. The molecule has 0 spiro atoms. The normalized spacial score (nSPS) is 21.0. The topological polar surface area (TPSA) is 66.5 Å². The summed E-state index contributed by atoms with van der Waals surface area (Å²) in [4.78, 5) is 0. The molecule has 26 heavy (non-hydrogen) atoms. The zero-order chi connectivity index (χ0) is 17.9. The Morgan fingerprint density at radius 3 is 2.73 bits per heavy atom. The van der Waals surface area contributed by atoms with Gasteiger partial charge < -0.3 is 5.32 Å². The number of rotatable bonds is 5. The molecule has 3 aromatic rings. The fourth-order valence-corrected chi connectivity index (χ4v) is 4.05. The van der Waals surface area contributed by atoms with Crippen molar-refractivity contribution in [3.8, 4) is 11.4 Å². The Hall–Kier alpha value is -2.24. The molecule has 1 aliphatic rings. The maximum absolute atomic E-state index is 6.12. The summed E-state index contributed by atoms with van der Waals surface area (Å²) in [7, 11) is 0.